The van der Waals surface area contributed by atoms with Crippen LogP contribution in [0.15, 0.2) is 57.8 Å². The van der Waals surface area contributed by atoms with Crippen molar-refractivity contribution in [2.24, 2.45) is 0 Å². The molecule has 25 heavy (non-hydrogen) atoms. The van der Waals surface area contributed by atoms with E-state index in [-0.39, 0.29) is 18.0 Å². The second-order valence-electron chi connectivity index (χ2n) is 6.01. The van der Waals surface area contributed by atoms with E-state index in [1.165, 1.54) is 0 Å². The van der Waals surface area contributed by atoms with Crippen LogP contribution in [-0.2, 0) is 6.54 Å². The molecule has 3 rings (SSSR count). The van der Waals surface area contributed by atoms with E-state index in [0.29, 0.717) is 17.7 Å². The van der Waals surface area contributed by atoms with Crippen LogP contribution in [0.1, 0.15) is 28.4 Å². The van der Waals surface area contributed by atoms with Crippen LogP contribution in [0.5, 0.6) is 0 Å². The first-order chi connectivity index (χ1) is 12.0. The molecule has 0 atom stereocenters. The molecule has 0 spiro atoms. The maximum atomic E-state index is 12.8. The van der Waals surface area contributed by atoms with Crippen molar-refractivity contribution in [2.75, 3.05) is 6.54 Å². The molecule has 3 aromatic rings. The van der Waals surface area contributed by atoms with Gasteiger partial charge in [-0.2, -0.15) is 0 Å². The van der Waals surface area contributed by atoms with Gasteiger partial charge in [-0.25, -0.2) is 0 Å². The van der Waals surface area contributed by atoms with Gasteiger partial charge in [0.05, 0.1) is 12.1 Å². The summed E-state index contributed by atoms with van der Waals surface area (Å²) in [5, 5.41) is 0.963. The summed E-state index contributed by atoms with van der Waals surface area (Å²) < 4.78 is 0.751. The molecule has 0 aliphatic carbocycles. The number of aromatic nitrogens is 1. The molecule has 0 bridgehead atoms. The van der Waals surface area contributed by atoms with E-state index in [0.717, 1.165) is 20.9 Å². The third kappa shape index (κ3) is 3.66. The molecule has 1 heterocycles. The van der Waals surface area contributed by atoms with Crippen molar-refractivity contribution in [3.63, 3.8) is 0 Å². The number of pyridine rings is 1. The summed E-state index contributed by atoms with van der Waals surface area (Å²) in [5.41, 5.74) is 2.93. The van der Waals surface area contributed by atoms with Crippen molar-refractivity contribution < 1.29 is 4.79 Å². The van der Waals surface area contributed by atoms with Crippen LogP contribution < -0.4 is 5.56 Å². The van der Waals surface area contributed by atoms with Crippen LogP contribution in [0.3, 0.4) is 0 Å². The van der Waals surface area contributed by atoms with Gasteiger partial charge in [-0.1, -0.05) is 24.3 Å². The Bertz CT molecular complexity index is 994. The lowest BCUT2D eigenvalue weighted by Gasteiger charge is -2.21. The highest BCUT2D eigenvalue weighted by Crippen LogP contribution is 2.19. The largest absolute Gasteiger partial charge is 0.334 e. The number of fused-ring (bicyclic) bond motifs is 1. The third-order valence-corrected chi connectivity index (χ3v) is 4.90. The molecule has 0 fully saturated rings. The Morgan fingerprint density at radius 2 is 1.92 bits per heavy atom. The predicted molar refractivity (Wildman–Crippen MR) is 104 cm³/mol. The number of amides is 1. The van der Waals surface area contributed by atoms with Gasteiger partial charge in [0.15, 0.2) is 0 Å². The Morgan fingerprint density at radius 1 is 1.16 bits per heavy atom. The molecule has 1 N–H and O–H groups in total. The van der Waals surface area contributed by atoms with E-state index < -0.39 is 0 Å². The Labute approximate surface area is 154 Å². The van der Waals surface area contributed by atoms with E-state index >= 15 is 0 Å². The van der Waals surface area contributed by atoms with Gasteiger partial charge in [-0.3, -0.25) is 9.59 Å². The summed E-state index contributed by atoms with van der Waals surface area (Å²) in [7, 11) is 0. The number of carbonyl (C=O) groups excluding carboxylic acids is 1. The second-order valence-corrected chi connectivity index (χ2v) is 6.87. The molecule has 1 amide bonds. The van der Waals surface area contributed by atoms with Crippen molar-refractivity contribution in [3.8, 4) is 0 Å². The fourth-order valence-corrected chi connectivity index (χ4v) is 3.27. The van der Waals surface area contributed by atoms with Gasteiger partial charge in [-0.05, 0) is 65.0 Å². The molecule has 0 unspecified atom stereocenters. The maximum absolute atomic E-state index is 12.8. The van der Waals surface area contributed by atoms with Crippen LogP contribution >= 0.6 is 15.9 Å². The van der Waals surface area contributed by atoms with Gasteiger partial charge >= 0.3 is 0 Å². The number of benzene rings is 2. The number of nitrogens with zero attached hydrogens (tertiary/aromatic N) is 1. The highest BCUT2D eigenvalue weighted by Gasteiger charge is 2.18. The average molecular weight is 399 g/mol. The van der Waals surface area contributed by atoms with Crippen LogP contribution in [-0.4, -0.2) is 22.3 Å². The minimum absolute atomic E-state index is 0.0987. The molecule has 0 radical (unpaired) electrons. The number of hydrogen-bond acceptors (Lipinski definition) is 2. The van der Waals surface area contributed by atoms with Crippen molar-refractivity contribution in [3.05, 3.63) is 80.0 Å². The average Bonchev–Trinajstić information content (AvgIpc) is 2.60. The highest BCUT2D eigenvalue weighted by molar-refractivity contribution is 9.10. The summed E-state index contributed by atoms with van der Waals surface area (Å²) in [6.07, 6.45) is 0. The molecule has 2 aromatic carbocycles. The van der Waals surface area contributed by atoms with Gasteiger partial charge in [0.2, 0.25) is 0 Å². The zero-order valence-corrected chi connectivity index (χ0v) is 15.8. The molecular formula is C20H19BrN2O2. The van der Waals surface area contributed by atoms with Crippen LogP contribution in [0, 0.1) is 6.92 Å². The molecular weight excluding hydrogens is 380 g/mol. The van der Waals surface area contributed by atoms with Crippen molar-refractivity contribution >= 4 is 32.7 Å². The third-order valence-electron chi connectivity index (χ3n) is 4.21. The topological polar surface area (TPSA) is 53.2 Å². The van der Waals surface area contributed by atoms with Gasteiger partial charge in [0.25, 0.3) is 11.5 Å². The molecule has 1 aromatic heterocycles. The lowest BCUT2D eigenvalue weighted by Crippen LogP contribution is -2.32. The molecule has 128 valence electrons. The summed E-state index contributed by atoms with van der Waals surface area (Å²) in [6, 6.07) is 15.1. The summed E-state index contributed by atoms with van der Waals surface area (Å²) in [6.45, 7) is 4.69. The first kappa shape index (κ1) is 17.4. The fourth-order valence-electron chi connectivity index (χ4n) is 2.82. The molecule has 4 nitrogen and oxygen atoms in total. The van der Waals surface area contributed by atoms with E-state index in [4.69, 9.17) is 0 Å². The lowest BCUT2D eigenvalue weighted by molar-refractivity contribution is 0.0751. The normalized spacial score (nSPS) is 10.8. The molecule has 0 aliphatic rings. The Balaban J connectivity index is 1.94. The molecule has 0 aliphatic heterocycles. The Morgan fingerprint density at radius 3 is 2.64 bits per heavy atom. The molecule has 0 saturated carbocycles. The quantitative estimate of drug-likeness (QED) is 0.713. The zero-order valence-electron chi connectivity index (χ0n) is 14.2. The van der Waals surface area contributed by atoms with Crippen molar-refractivity contribution in [2.45, 2.75) is 20.4 Å². The van der Waals surface area contributed by atoms with Crippen molar-refractivity contribution in [1.29, 1.82) is 0 Å². The first-order valence-corrected chi connectivity index (χ1v) is 8.95. The Hall–Kier alpha value is -2.40. The van der Waals surface area contributed by atoms with Crippen LogP contribution in [0.25, 0.3) is 10.9 Å². The summed E-state index contributed by atoms with van der Waals surface area (Å²) in [4.78, 5) is 29.8. The van der Waals surface area contributed by atoms with Gasteiger partial charge in [0, 0.05) is 22.1 Å². The second kappa shape index (κ2) is 7.23. The smallest absolute Gasteiger partial charge is 0.255 e. The van der Waals surface area contributed by atoms with E-state index in [1.807, 2.05) is 56.3 Å². The Kier molecular flexibility index (Phi) is 5.04. The van der Waals surface area contributed by atoms with E-state index in [2.05, 4.69) is 20.9 Å². The zero-order chi connectivity index (χ0) is 18.0. The van der Waals surface area contributed by atoms with E-state index in [1.54, 1.807) is 11.0 Å². The number of carbonyl (C=O) groups is 1. The van der Waals surface area contributed by atoms with E-state index in [9.17, 15) is 9.59 Å². The first-order valence-electron chi connectivity index (χ1n) is 8.16. The van der Waals surface area contributed by atoms with Gasteiger partial charge < -0.3 is 9.88 Å². The summed E-state index contributed by atoms with van der Waals surface area (Å²) >= 11 is 3.42. The van der Waals surface area contributed by atoms with Crippen molar-refractivity contribution in [1.82, 2.24) is 9.88 Å². The van der Waals surface area contributed by atoms with Crippen LogP contribution in [0.2, 0.25) is 0 Å². The monoisotopic (exact) mass is 398 g/mol. The lowest BCUT2D eigenvalue weighted by atomic mass is 10.1. The molecule has 0 saturated heterocycles. The predicted octanol–water partition coefficient (Wildman–Crippen LogP) is 4.26. The number of H-pyrrole nitrogens is 1. The number of rotatable bonds is 4. The number of nitrogens with one attached hydrogen (secondary N) is 1. The minimum Gasteiger partial charge on any atom is -0.334 e. The number of hydrogen-bond donors (Lipinski definition) is 1. The number of aromatic amines is 1. The number of aryl methyl sites for hydroxylation is 1. The minimum atomic E-state index is -0.156. The summed E-state index contributed by atoms with van der Waals surface area (Å²) in [5.74, 6) is -0.0987. The van der Waals surface area contributed by atoms with Gasteiger partial charge in [-0.15, -0.1) is 0 Å². The molecule has 5 heteroatoms. The maximum Gasteiger partial charge on any atom is 0.255 e. The fraction of sp³-hybridized carbons (Fsp3) is 0.200. The SMILES string of the molecule is CCN(Cc1cc2ccc(C)cc2[nH]c1=O)C(=O)c1ccccc1Br. The van der Waals surface area contributed by atoms with Gasteiger partial charge in [0.1, 0.15) is 0 Å². The number of halogens is 1. The highest BCUT2D eigenvalue weighted by atomic mass is 79.9. The van der Waals surface area contributed by atoms with Crippen LogP contribution in [0.4, 0.5) is 0 Å². The standard InChI is InChI=1S/C20H19BrN2O2/c1-3-23(20(25)16-6-4-5-7-17(16)21)12-15-11-14-9-8-13(2)10-18(14)22-19(15)24/h4-11H,3,12H2,1-2H3,(H,22,24).